The Hall–Kier alpha value is -1.78. The van der Waals surface area contributed by atoms with Crippen LogP contribution in [0.15, 0.2) is 15.2 Å². The van der Waals surface area contributed by atoms with Crippen molar-refractivity contribution >= 4 is 21.9 Å². The van der Waals surface area contributed by atoms with Crippen LogP contribution in [-0.2, 0) is 16.1 Å². The van der Waals surface area contributed by atoms with Gasteiger partial charge in [-0.15, -0.1) is 5.10 Å². The van der Waals surface area contributed by atoms with Crippen LogP contribution in [0.4, 0.5) is 0 Å². The van der Waals surface area contributed by atoms with Crippen molar-refractivity contribution in [3.63, 3.8) is 0 Å². The van der Waals surface area contributed by atoms with Crippen molar-refractivity contribution in [3.8, 4) is 0 Å². The highest BCUT2D eigenvalue weighted by Crippen LogP contribution is 2.31. The Bertz CT molecular complexity index is 796. The van der Waals surface area contributed by atoms with E-state index in [1.54, 1.807) is 11.6 Å². The lowest BCUT2D eigenvalue weighted by molar-refractivity contribution is -0.143. The number of aliphatic hydroxyl groups excluding tert-OH is 1. The predicted octanol–water partition coefficient (Wildman–Crippen LogP) is 2.91. The van der Waals surface area contributed by atoms with Gasteiger partial charge in [0.15, 0.2) is 10.5 Å². The standard InChI is InChI=1S/C20H30BrN5O4/c1-3-29-17(28)5-4-10-26-20(23-24-25-26)18(16-11-13(2)19(21)30-16)22-15-8-6-14(12-27)7-9-15/h11,14-15,18,22,27H,3-10,12H2,1-2H3. The minimum atomic E-state index is -0.303. The Morgan fingerprint density at radius 1 is 1.43 bits per heavy atom. The number of carbonyl (C=O) groups is 1. The van der Waals surface area contributed by atoms with Crippen LogP contribution in [0.5, 0.6) is 0 Å². The summed E-state index contributed by atoms with van der Waals surface area (Å²) in [5, 5.41) is 25.3. The van der Waals surface area contributed by atoms with Gasteiger partial charge in [0.1, 0.15) is 11.8 Å². The molecule has 1 unspecified atom stereocenters. The number of tetrazole rings is 1. The van der Waals surface area contributed by atoms with Gasteiger partial charge in [0, 0.05) is 31.2 Å². The summed E-state index contributed by atoms with van der Waals surface area (Å²) in [4.78, 5) is 11.6. The molecule has 0 aliphatic heterocycles. The predicted molar refractivity (Wildman–Crippen MR) is 113 cm³/mol. The zero-order valence-corrected chi connectivity index (χ0v) is 19.1. The summed E-state index contributed by atoms with van der Waals surface area (Å²) in [6.45, 7) is 4.91. The molecule has 0 spiro atoms. The van der Waals surface area contributed by atoms with E-state index in [0.29, 0.717) is 42.4 Å². The molecule has 10 heteroatoms. The Morgan fingerprint density at radius 2 is 2.20 bits per heavy atom. The van der Waals surface area contributed by atoms with E-state index in [2.05, 4.69) is 36.8 Å². The van der Waals surface area contributed by atoms with Gasteiger partial charge in [-0.05, 0) is 84.3 Å². The molecule has 2 N–H and O–H groups in total. The number of aliphatic hydroxyl groups is 1. The number of nitrogens with one attached hydrogen (secondary N) is 1. The SMILES string of the molecule is CCOC(=O)CCCn1nnnc1C(NC1CCC(CO)CC1)c1cc(C)c(Br)o1. The largest absolute Gasteiger partial charge is 0.466 e. The van der Waals surface area contributed by atoms with E-state index in [0.717, 1.165) is 37.0 Å². The number of rotatable bonds is 10. The summed E-state index contributed by atoms with van der Waals surface area (Å²) in [5.41, 5.74) is 1.00. The Labute approximate surface area is 184 Å². The van der Waals surface area contributed by atoms with E-state index in [9.17, 15) is 9.90 Å². The van der Waals surface area contributed by atoms with E-state index in [-0.39, 0.29) is 24.7 Å². The summed E-state index contributed by atoms with van der Waals surface area (Å²) in [5.74, 6) is 1.57. The van der Waals surface area contributed by atoms with Crippen molar-refractivity contribution < 1.29 is 19.1 Å². The molecule has 1 fully saturated rings. The van der Waals surface area contributed by atoms with Crippen LogP contribution >= 0.6 is 15.9 Å². The fourth-order valence-corrected chi connectivity index (χ4v) is 4.14. The van der Waals surface area contributed by atoms with Gasteiger partial charge >= 0.3 is 5.97 Å². The molecule has 1 saturated carbocycles. The van der Waals surface area contributed by atoms with Crippen molar-refractivity contribution in [1.29, 1.82) is 0 Å². The molecule has 0 aromatic carbocycles. The number of aromatic nitrogens is 4. The molecule has 0 radical (unpaired) electrons. The van der Waals surface area contributed by atoms with Crippen molar-refractivity contribution in [3.05, 3.63) is 27.9 Å². The number of hydrogen-bond acceptors (Lipinski definition) is 8. The number of carbonyl (C=O) groups excluding carboxylic acids is 1. The van der Waals surface area contributed by atoms with E-state index in [4.69, 9.17) is 9.15 Å². The van der Waals surface area contributed by atoms with Gasteiger partial charge in [0.25, 0.3) is 0 Å². The molecule has 2 aromatic rings. The zero-order valence-electron chi connectivity index (χ0n) is 17.5. The molecule has 9 nitrogen and oxygen atoms in total. The van der Waals surface area contributed by atoms with Crippen LogP contribution in [0.2, 0.25) is 0 Å². The number of nitrogens with zero attached hydrogens (tertiary/aromatic N) is 4. The first-order valence-electron chi connectivity index (χ1n) is 10.6. The Morgan fingerprint density at radius 3 is 2.83 bits per heavy atom. The van der Waals surface area contributed by atoms with E-state index >= 15 is 0 Å². The normalized spacial score (nSPS) is 20.3. The third kappa shape index (κ3) is 5.89. The quantitative estimate of drug-likeness (QED) is 0.495. The fourth-order valence-electron chi connectivity index (χ4n) is 3.84. The molecule has 1 aliphatic carbocycles. The van der Waals surface area contributed by atoms with Crippen LogP contribution in [-0.4, -0.2) is 50.5 Å². The van der Waals surface area contributed by atoms with Crippen molar-refractivity contribution in [2.24, 2.45) is 5.92 Å². The molecule has 30 heavy (non-hydrogen) atoms. The van der Waals surface area contributed by atoms with Crippen LogP contribution in [0.1, 0.15) is 68.6 Å². The maximum atomic E-state index is 11.6. The summed E-state index contributed by atoms with van der Waals surface area (Å²) >= 11 is 3.45. The summed E-state index contributed by atoms with van der Waals surface area (Å²) in [6.07, 6.45) is 4.85. The number of aryl methyl sites for hydroxylation is 2. The molecule has 0 saturated heterocycles. The average Bonchev–Trinajstić information content (AvgIpc) is 3.33. The second-order valence-corrected chi connectivity index (χ2v) is 8.49. The third-order valence-corrected chi connectivity index (χ3v) is 6.33. The van der Waals surface area contributed by atoms with Crippen molar-refractivity contribution in [2.75, 3.05) is 13.2 Å². The number of hydrogen-bond donors (Lipinski definition) is 2. The number of ether oxygens (including phenoxy) is 1. The maximum Gasteiger partial charge on any atom is 0.305 e. The van der Waals surface area contributed by atoms with Gasteiger partial charge < -0.3 is 14.3 Å². The lowest BCUT2D eigenvalue weighted by Gasteiger charge is -2.30. The van der Waals surface area contributed by atoms with Gasteiger partial charge in [0.2, 0.25) is 0 Å². The van der Waals surface area contributed by atoms with E-state index < -0.39 is 0 Å². The van der Waals surface area contributed by atoms with Crippen molar-refractivity contribution in [1.82, 2.24) is 25.5 Å². The maximum absolute atomic E-state index is 11.6. The van der Waals surface area contributed by atoms with E-state index in [1.807, 2.05) is 13.0 Å². The van der Waals surface area contributed by atoms with Gasteiger partial charge in [0.05, 0.1) is 6.61 Å². The first-order valence-corrected chi connectivity index (χ1v) is 11.4. The number of esters is 1. The molecule has 2 aromatic heterocycles. The van der Waals surface area contributed by atoms with E-state index in [1.165, 1.54) is 0 Å². The molecule has 1 atom stereocenters. The summed E-state index contributed by atoms with van der Waals surface area (Å²) < 4.78 is 13.4. The highest BCUT2D eigenvalue weighted by Gasteiger charge is 2.30. The first-order chi connectivity index (χ1) is 14.5. The lowest BCUT2D eigenvalue weighted by atomic mass is 9.86. The van der Waals surface area contributed by atoms with Crippen LogP contribution < -0.4 is 5.32 Å². The molecular formula is C20H30BrN5O4. The molecule has 1 aliphatic rings. The van der Waals surface area contributed by atoms with Crippen molar-refractivity contribution in [2.45, 2.75) is 71.0 Å². The second-order valence-electron chi connectivity index (χ2n) is 7.77. The molecule has 166 valence electrons. The number of halogens is 1. The van der Waals surface area contributed by atoms with Gasteiger partial charge in [-0.25, -0.2) is 4.68 Å². The molecule has 0 amide bonds. The van der Waals surface area contributed by atoms with Gasteiger partial charge in [-0.1, -0.05) is 0 Å². The Balaban J connectivity index is 1.74. The smallest absolute Gasteiger partial charge is 0.305 e. The minimum absolute atomic E-state index is 0.215. The fraction of sp³-hybridized carbons (Fsp3) is 0.700. The number of furan rings is 1. The summed E-state index contributed by atoms with van der Waals surface area (Å²) in [6, 6.07) is 1.97. The first kappa shape index (κ1) is 22.9. The Kier molecular flexibility index (Phi) is 8.41. The lowest BCUT2D eigenvalue weighted by Crippen LogP contribution is -2.38. The van der Waals surface area contributed by atoms with Gasteiger partial charge in [-0.3, -0.25) is 10.1 Å². The highest BCUT2D eigenvalue weighted by atomic mass is 79.9. The second kappa shape index (κ2) is 11.0. The highest BCUT2D eigenvalue weighted by molar-refractivity contribution is 9.10. The average molecular weight is 484 g/mol. The molecule has 3 rings (SSSR count). The molecule has 0 bridgehead atoms. The van der Waals surface area contributed by atoms with Gasteiger partial charge in [-0.2, -0.15) is 0 Å². The van der Waals surface area contributed by atoms with Crippen LogP contribution in [0.25, 0.3) is 0 Å². The minimum Gasteiger partial charge on any atom is -0.466 e. The summed E-state index contributed by atoms with van der Waals surface area (Å²) in [7, 11) is 0. The monoisotopic (exact) mass is 483 g/mol. The zero-order chi connectivity index (χ0) is 21.5. The molecule has 2 heterocycles. The van der Waals surface area contributed by atoms with Crippen LogP contribution in [0.3, 0.4) is 0 Å². The third-order valence-electron chi connectivity index (χ3n) is 5.54. The van der Waals surface area contributed by atoms with Crippen LogP contribution in [0, 0.1) is 12.8 Å². The molecular weight excluding hydrogens is 454 g/mol. The topological polar surface area (TPSA) is 115 Å².